The summed E-state index contributed by atoms with van der Waals surface area (Å²) >= 11 is 1.64. The maximum absolute atomic E-state index is 12.1. The average Bonchev–Trinajstić information content (AvgIpc) is 2.81. The van der Waals surface area contributed by atoms with E-state index in [1.807, 2.05) is 31.2 Å². The van der Waals surface area contributed by atoms with Gasteiger partial charge in [0.2, 0.25) is 5.91 Å². The Morgan fingerprint density at radius 1 is 1.32 bits per heavy atom. The molecule has 0 aromatic carbocycles. The molecule has 0 saturated carbocycles. The van der Waals surface area contributed by atoms with Crippen LogP contribution >= 0.6 is 11.3 Å². The molecule has 2 rings (SSSR count). The van der Waals surface area contributed by atoms with Crippen LogP contribution in [0.1, 0.15) is 22.6 Å². The number of aliphatic carboxylic acids is 1. The number of aryl methyl sites for hydroxylation is 1. The van der Waals surface area contributed by atoms with Gasteiger partial charge in [-0.3, -0.25) is 9.59 Å². The summed E-state index contributed by atoms with van der Waals surface area (Å²) in [5.41, 5.74) is 0. The summed E-state index contributed by atoms with van der Waals surface area (Å²) < 4.78 is 0. The quantitative estimate of drug-likeness (QED) is 0.831. The Bertz CT molecular complexity index is 507. The molecule has 1 aliphatic rings. The fourth-order valence-corrected chi connectivity index (χ4v) is 3.09. The van der Waals surface area contributed by atoms with Crippen LogP contribution in [0.2, 0.25) is 0 Å². The van der Waals surface area contributed by atoms with E-state index in [9.17, 15) is 9.59 Å². The number of amides is 1. The first-order valence-electron chi connectivity index (χ1n) is 6.28. The molecule has 102 valence electrons. The number of hydrogen-bond donors (Lipinski definition) is 2. The smallest absolute Gasteiger partial charge is 0.307 e. The topological polar surface area (TPSA) is 66.4 Å². The van der Waals surface area contributed by atoms with Crippen molar-refractivity contribution in [2.24, 2.45) is 11.8 Å². The molecule has 1 aromatic rings. The molecule has 0 spiro atoms. The number of carboxylic acid groups (broad SMARTS) is 1. The van der Waals surface area contributed by atoms with Crippen LogP contribution in [0.15, 0.2) is 24.3 Å². The Hall–Kier alpha value is -1.62. The van der Waals surface area contributed by atoms with Crippen molar-refractivity contribution < 1.29 is 14.7 Å². The third-order valence-electron chi connectivity index (χ3n) is 3.32. The van der Waals surface area contributed by atoms with E-state index in [-0.39, 0.29) is 5.91 Å². The Morgan fingerprint density at radius 2 is 2.00 bits per heavy atom. The minimum Gasteiger partial charge on any atom is -0.481 e. The van der Waals surface area contributed by atoms with Crippen molar-refractivity contribution >= 4 is 23.2 Å². The lowest BCUT2D eigenvalue weighted by molar-refractivity contribution is -0.147. The number of rotatable bonds is 4. The van der Waals surface area contributed by atoms with E-state index < -0.39 is 17.8 Å². The fraction of sp³-hybridized carbons (Fsp3) is 0.429. The number of thiophene rings is 1. The van der Waals surface area contributed by atoms with Crippen molar-refractivity contribution in [3.8, 4) is 0 Å². The molecule has 2 atom stereocenters. The highest BCUT2D eigenvalue weighted by Gasteiger charge is 2.33. The molecule has 0 fully saturated rings. The predicted octanol–water partition coefficient (Wildman–Crippen LogP) is 2.34. The zero-order valence-corrected chi connectivity index (χ0v) is 11.6. The van der Waals surface area contributed by atoms with Gasteiger partial charge in [-0.15, -0.1) is 11.3 Å². The van der Waals surface area contributed by atoms with E-state index in [2.05, 4.69) is 5.32 Å². The number of carboxylic acids is 1. The van der Waals surface area contributed by atoms with Crippen LogP contribution in [0.4, 0.5) is 0 Å². The Balaban J connectivity index is 1.95. The molecule has 0 radical (unpaired) electrons. The lowest BCUT2D eigenvalue weighted by Crippen LogP contribution is -2.38. The average molecular weight is 279 g/mol. The largest absolute Gasteiger partial charge is 0.481 e. The van der Waals surface area contributed by atoms with Gasteiger partial charge in [-0.2, -0.15) is 0 Å². The molecule has 1 amide bonds. The van der Waals surface area contributed by atoms with Gasteiger partial charge < -0.3 is 10.4 Å². The molecule has 1 aliphatic carbocycles. The van der Waals surface area contributed by atoms with Crippen LogP contribution in [-0.2, 0) is 16.1 Å². The summed E-state index contributed by atoms with van der Waals surface area (Å²) in [7, 11) is 0. The summed E-state index contributed by atoms with van der Waals surface area (Å²) in [6.07, 6.45) is 4.67. The molecule has 0 saturated heterocycles. The molecule has 0 aliphatic heterocycles. The highest BCUT2D eigenvalue weighted by atomic mass is 32.1. The minimum absolute atomic E-state index is 0.164. The highest BCUT2D eigenvalue weighted by Crippen LogP contribution is 2.26. The van der Waals surface area contributed by atoms with Gasteiger partial charge in [0.1, 0.15) is 0 Å². The second-order valence-corrected chi connectivity index (χ2v) is 6.10. The molecule has 19 heavy (non-hydrogen) atoms. The Labute approximate surface area is 116 Å². The summed E-state index contributed by atoms with van der Waals surface area (Å²) in [6, 6.07) is 3.99. The third-order valence-corrected chi connectivity index (χ3v) is 4.32. The molecule has 1 aromatic heterocycles. The number of nitrogens with one attached hydrogen (secondary N) is 1. The number of hydrogen-bond acceptors (Lipinski definition) is 3. The van der Waals surface area contributed by atoms with Gasteiger partial charge in [0.05, 0.1) is 18.4 Å². The molecular formula is C14H17NO3S. The zero-order chi connectivity index (χ0) is 13.8. The summed E-state index contributed by atoms with van der Waals surface area (Å²) in [6.45, 7) is 2.49. The van der Waals surface area contributed by atoms with E-state index in [1.54, 1.807) is 11.3 Å². The first-order valence-corrected chi connectivity index (χ1v) is 7.10. The van der Waals surface area contributed by atoms with Crippen LogP contribution in [0, 0.1) is 18.8 Å². The van der Waals surface area contributed by atoms with E-state index in [4.69, 9.17) is 5.11 Å². The molecule has 1 heterocycles. The lowest BCUT2D eigenvalue weighted by Gasteiger charge is -2.24. The van der Waals surface area contributed by atoms with Gasteiger partial charge in [-0.05, 0) is 31.9 Å². The highest BCUT2D eigenvalue weighted by molar-refractivity contribution is 7.11. The lowest BCUT2D eigenvalue weighted by atomic mass is 9.82. The summed E-state index contributed by atoms with van der Waals surface area (Å²) in [4.78, 5) is 25.5. The van der Waals surface area contributed by atoms with Crippen molar-refractivity contribution in [1.29, 1.82) is 0 Å². The maximum atomic E-state index is 12.1. The van der Waals surface area contributed by atoms with Gasteiger partial charge >= 0.3 is 5.97 Å². The first kappa shape index (κ1) is 13.8. The normalized spacial score (nSPS) is 22.2. The first-order chi connectivity index (χ1) is 9.08. The molecule has 0 unspecified atom stereocenters. The third kappa shape index (κ3) is 3.44. The molecule has 4 nitrogen and oxygen atoms in total. The van der Waals surface area contributed by atoms with Crippen molar-refractivity contribution in [3.63, 3.8) is 0 Å². The summed E-state index contributed by atoms with van der Waals surface area (Å²) in [5.74, 6) is -2.11. The van der Waals surface area contributed by atoms with Crippen LogP contribution < -0.4 is 5.32 Å². The van der Waals surface area contributed by atoms with Crippen molar-refractivity contribution in [2.45, 2.75) is 26.3 Å². The molecular weight excluding hydrogens is 262 g/mol. The SMILES string of the molecule is Cc1ccc(CNC(=O)[C@@H]2CC=CC[C@@H]2C(=O)O)s1. The zero-order valence-electron chi connectivity index (χ0n) is 10.8. The minimum atomic E-state index is -0.892. The standard InChI is InChI=1S/C14H17NO3S/c1-9-6-7-10(19-9)8-15-13(16)11-4-2-3-5-12(11)14(17)18/h2-3,6-7,11-12H,4-5,8H2,1H3,(H,15,16)(H,17,18)/t11-,12+/m1/s1. The van der Waals surface area contributed by atoms with Crippen LogP contribution in [0.5, 0.6) is 0 Å². The van der Waals surface area contributed by atoms with Gasteiger partial charge in [-0.1, -0.05) is 12.2 Å². The summed E-state index contributed by atoms with van der Waals surface area (Å²) in [5, 5.41) is 12.0. The van der Waals surface area contributed by atoms with Crippen LogP contribution in [0.3, 0.4) is 0 Å². The Kier molecular flexibility index (Phi) is 4.37. The molecule has 5 heteroatoms. The Morgan fingerprint density at radius 3 is 2.58 bits per heavy atom. The second-order valence-electron chi connectivity index (χ2n) is 4.72. The van der Waals surface area contributed by atoms with Crippen LogP contribution in [0.25, 0.3) is 0 Å². The van der Waals surface area contributed by atoms with Gasteiger partial charge in [0, 0.05) is 9.75 Å². The van der Waals surface area contributed by atoms with Gasteiger partial charge in [0.25, 0.3) is 0 Å². The molecule has 0 bridgehead atoms. The van der Waals surface area contributed by atoms with E-state index >= 15 is 0 Å². The van der Waals surface area contributed by atoms with E-state index in [1.165, 1.54) is 4.88 Å². The fourth-order valence-electron chi connectivity index (χ4n) is 2.26. The number of carbonyl (C=O) groups excluding carboxylic acids is 1. The van der Waals surface area contributed by atoms with Crippen LogP contribution in [-0.4, -0.2) is 17.0 Å². The predicted molar refractivity (Wildman–Crippen MR) is 73.9 cm³/mol. The maximum Gasteiger partial charge on any atom is 0.307 e. The van der Waals surface area contributed by atoms with Crippen molar-refractivity contribution in [2.75, 3.05) is 0 Å². The second kappa shape index (κ2) is 6.02. The molecule has 2 N–H and O–H groups in total. The van der Waals surface area contributed by atoms with Gasteiger partial charge in [-0.25, -0.2) is 0 Å². The monoisotopic (exact) mass is 279 g/mol. The number of allylic oxidation sites excluding steroid dienone is 2. The van der Waals surface area contributed by atoms with Gasteiger partial charge in [0.15, 0.2) is 0 Å². The van der Waals surface area contributed by atoms with Crippen molar-refractivity contribution in [3.05, 3.63) is 34.0 Å². The van der Waals surface area contributed by atoms with E-state index in [0.29, 0.717) is 19.4 Å². The van der Waals surface area contributed by atoms with Crippen molar-refractivity contribution in [1.82, 2.24) is 5.32 Å². The number of carbonyl (C=O) groups is 2. The van der Waals surface area contributed by atoms with E-state index in [0.717, 1.165) is 4.88 Å².